The lowest BCUT2D eigenvalue weighted by molar-refractivity contribution is 0.176. The molecule has 0 aliphatic carbocycles. The molecule has 4 heteroatoms. The summed E-state index contributed by atoms with van der Waals surface area (Å²) in [5, 5.41) is 12.5. The lowest BCUT2D eigenvalue weighted by Gasteiger charge is -2.18. The van der Waals surface area contributed by atoms with Crippen molar-refractivity contribution in [3.05, 3.63) is 54.6 Å². The van der Waals surface area contributed by atoms with Gasteiger partial charge < -0.3 is 15.3 Å². The number of hydrogen-bond donors (Lipinski definition) is 2. The van der Waals surface area contributed by atoms with Gasteiger partial charge in [0.05, 0.1) is 11.8 Å². The van der Waals surface area contributed by atoms with E-state index >= 15 is 0 Å². The lowest BCUT2D eigenvalue weighted by atomic mass is 10.0. The Kier molecular flexibility index (Phi) is 3.88. The maximum atomic E-state index is 12.2. The topological polar surface area (TPSA) is 52.6 Å². The zero-order valence-corrected chi connectivity index (χ0v) is 11.7. The molecule has 108 valence electrons. The third-order valence-corrected chi connectivity index (χ3v) is 3.70. The number of para-hydroxylation sites is 1. The van der Waals surface area contributed by atoms with Crippen LogP contribution in [-0.4, -0.2) is 35.2 Å². The van der Waals surface area contributed by atoms with E-state index in [1.807, 2.05) is 54.6 Å². The van der Waals surface area contributed by atoms with Crippen LogP contribution in [0.15, 0.2) is 54.6 Å². The SMILES string of the molecule is O=C(Nc1ccccc1-c1ccccc1)N1CC[C@@H](O)C1. The van der Waals surface area contributed by atoms with Crippen LogP contribution in [0, 0.1) is 0 Å². The molecule has 0 aromatic heterocycles. The smallest absolute Gasteiger partial charge is 0.321 e. The average Bonchev–Trinajstić information content (AvgIpc) is 2.95. The highest BCUT2D eigenvalue weighted by Gasteiger charge is 2.24. The van der Waals surface area contributed by atoms with Crippen molar-refractivity contribution >= 4 is 11.7 Å². The van der Waals surface area contributed by atoms with E-state index in [4.69, 9.17) is 0 Å². The Labute approximate surface area is 124 Å². The minimum atomic E-state index is -0.403. The maximum Gasteiger partial charge on any atom is 0.321 e. The van der Waals surface area contributed by atoms with Crippen molar-refractivity contribution in [2.75, 3.05) is 18.4 Å². The first kappa shape index (κ1) is 13.6. The summed E-state index contributed by atoms with van der Waals surface area (Å²) in [5.41, 5.74) is 2.84. The van der Waals surface area contributed by atoms with Gasteiger partial charge in [0.2, 0.25) is 0 Å². The number of carbonyl (C=O) groups excluding carboxylic acids is 1. The molecule has 0 unspecified atom stereocenters. The average molecular weight is 282 g/mol. The summed E-state index contributed by atoms with van der Waals surface area (Å²) < 4.78 is 0. The number of anilines is 1. The number of aliphatic hydroxyl groups is 1. The van der Waals surface area contributed by atoms with Crippen molar-refractivity contribution < 1.29 is 9.90 Å². The predicted octanol–water partition coefficient (Wildman–Crippen LogP) is 2.95. The lowest BCUT2D eigenvalue weighted by Crippen LogP contribution is -2.33. The highest BCUT2D eigenvalue weighted by atomic mass is 16.3. The summed E-state index contributed by atoms with van der Waals surface area (Å²) in [6.07, 6.45) is 0.244. The zero-order chi connectivity index (χ0) is 14.7. The van der Waals surface area contributed by atoms with Gasteiger partial charge in [-0.05, 0) is 18.1 Å². The molecule has 0 radical (unpaired) electrons. The van der Waals surface area contributed by atoms with Gasteiger partial charge in [-0.3, -0.25) is 0 Å². The monoisotopic (exact) mass is 282 g/mol. The summed E-state index contributed by atoms with van der Waals surface area (Å²) in [7, 11) is 0. The molecule has 3 rings (SSSR count). The van der Waals surface area contributed by atoms with Gasteiger partial charge in [0, 0.05) is 18.7 Å². The Hall–Kier alpha value is -2.33. The number of likely N-dealkylation sites (tertiary alicyclic amines) is 1. The van der Waals surface area contributed by atoms with Crippen LogP contribution in [0.1, 0.15) is 6.42 Å². The van der Waals surface area contributed by atoms with Gasteiger partial charge in [-0.1, -0.05) is 48.5 Å². The first-order chi connectivity index (χ1) is 10.2. The van der Waals surface area contributed by atoms with Crippen LogP contribution in [0.5, 0.6) is 0 Å². The first-order valence-corrected chi connectivity index (χ1v) is 7.12. The molecule has 2 aromatic rings. The van der Waals surface area contributed by atoms with E-state index in [0.717, 1.165) is 16.8 Å². The molecule has 2 N–H and O–H groups in total. The standard InChI is InChI=1S/C17H18N2O2/c20-14-10-11-19(12-14)17(21)18-16-9-5-4-8-15(16)13-6-2-1-3-7-13/h1-9,14,20H,10-12H2,(H,18,21)/t14-/m1/s1. The second kappa shape index (κ2) is 5.97. The van der Waals surface area contributed by atoms with Gasteiger partial charge in [-0.2, -0.15) is 0 Å². The molecule has 1 saturated heterocycles. The highest BCUT2D eigenvalue weighted by Crippen LogP contribution is 2.28. The van der Waals surface area contributed by atoms with E-state index < -0.39 is 6.10 Å². The van der Waals surface area contributed by atoms with Gasteiger partial charge in [0.15, 0.2) is 0 Å². The predicted molar refractivity (Wildman–Crippen MR) is 83.1 cm³/mol. The van der Waals surface area contributed by atoms with E-state index in [2.05, 4.69) is 5.32 Å². The molecule has 2 aromatic carbocycles. The quantitative estimate of drug-likeness (QED) is 0.889. The van der Waals surface area contributed by atoms with Crippen LogP contribution in [-0.2, 0) is 0 Å². The fraction of sp³-hybridized carbons (Fsp3) is 0.235. The number of amides is 2. The molecule has 1 fully saturated rings. The molecule has 0 spiro atoms. The summed E-state index contributed by atoms with van der Waals surface area (Å²) in [6.45, 7) is 1.000. The molecule has 4 nitrogen and oxygen atoms in total. The van der Waals surface area contributed by atoms with Gasteiger partial charge in [0.25, 0.3) is 0 Å². The van der Waals surface area contributed by atoms with Gasteiger partial charge in [-0.25, -0.2) is 4.79 Å². The van der Waals surface area contributed by atoms with E-state index in [1.54, 1.807) is 4.90 Å². The van der Waals surface area contributed by atoms with E-state index in [-0.39, 0.29) is 6.03 Å². The second-order valence-electron chi connectivity index (χ2n) is 5.23. The number of benzene rings is 2. The first-order valence-electron chi connectivity index (χ1n) is 7.12. The fourth-order valence-electron chi connectivity index (χ4n) is 2.58. The largest absolute Gasteiger partial charge is 0.391 e. The van der Waals surface area contributed by atoms with Gasteiger partial charge in [-0.15, -0.1) is 0 Å². The molecule has 0 saturated carbocycles. The zero-order valence-electron chi connectivity index (χ0n) is 11.7. The Balaban J connectivity index is 1.81. The maximum absolute atomic E-state index is 12.2. The number of rotatable bonds is 2. The normalized spacial score (nSPS) is 17.8. The molecular weight excluding hydrogens is 264 g/mol. The van der Waals surface area contributed by atoms with Crippen LogP contribution in [0.25, 0.3) is 11.1 Å². The van der Waals surface area contributed by atoms with Crippen molar-refractivity contribution in [3.8, 4) is 11.1 Å². The molecule has 1 atom stereocenters. The van der Waals surface area contributed by atoms with Crippen LogP contribution >= 0.6 is 0 Å². The molecular formula is C17H18N2O2. The second-order valence-corrected chi connectivity index (χ2v) is 5.23. The fourth-order valence-corrected chi connectivity index (χ4v) is 2.58. The molecule has 21 heavy (non-hydrogen) atoms. The van der Waals surface area contributed by atoms with E-state index in [9.17, 15) is 9.90 Å². The van der Waals surface area contributed by atoms with Crippen LogP contribution in [0.2, 0.25) is 0 Å². The number of nitrogens with zero attached hydrogens (tertiary/aromatic N) is 1. The number of hydrogen-bond acceptors (Lipinski definition) is 2. The van der Waals surface area contributed by atoms with Crippen molar-refractivity contribution in [2.24, 2.45) is 0 Å². The van der Waals surface area contributed by atoms with Crippen molar-refractivity contribution in [3.63, 3.8) is 0 Å². The van der Waals surface area contributed by atoms with E-state index in [1.165, 1.54) is 0 Å². The number of carbonyl (C=O) groups is 1. The summed E-state index contributed by atoms with van der Waals surface area (Å²) in [4.78, 5) is 13.9. The Morgan fingerprint density at radius 2 is 1.81 bits per heavy atom. The molecule has 1 aliphatic heterocycles. The number of nitrogens with one attached hydrogen (secondary N) is 1. The Bertz CT molecular complexity index is 628. The Morgan fingerprint density at radius 1 is 1.10 bits per heavy atom. The number of urea groups is 1. The summed E-state index contributed by atoms with van der Waals surface area (Å²) >= 11 is 0. The van der Waals surface area contributed by atoms with Crippen molar-refractivity contribution in [1.82, 2.24) is 4.90 Å². The molecule has 2 amide bonds. The molecule has 1 heterocycles. The third-order valence-electron chi connectivity index (χ3n) is 3.70. The Morgan fingerprint density at radius 3 is 2.52 bits per heavy atom. The highest BCUT2D eigenvalue weighted by molar-refractivity contribution is 5.94. The molecule has 1 aliphatic rings. The van der Waals surface area contributed by atoms with Crippen molar-refractivity contribution in [1.29, 1.82) is 0 Å². The van der Waals surface area contributed by atoms with E-state index in [0.29, 0.717) is 19.5 Å². The minimum Gasteiger partial charge on any atom is -0.391 e. The summed E-state index contributed by atoms with van der Waals surface area (Å²) in [6, 6.07) is 17.5. The van der Waals surface area contributed by atoms with Gasteiger partial charge in [0.1, 0.15) is 0 Å². The molecule has 0 bridgehead atoms. The number of β-amino-alcohol motifs (C(OH)–C–C–N with tert-alkyl or cyclic N) is 1. The minimum absolute atomic E-state index is 0.157. The van der Waals surface area contributed by atoms with Crippen LogP contribution < -0.4 is 5.32 Å². The van der Waals surface area contributed by atoms with Crippen LogP contribution in [0.4, 0.5) is 10.5 Å². The number of aliphatic hydroxyl groups excluding tert-OH is 1. The third kappa shape index (κ3) is 3.06. The van der Waals surface area contributed by atoms with Crippen LogP contribution in [0.3, 0.4) is 0 Å². The summed E-state index contributed by atoms with van der Waals surface area (Å²) in [5.74, 6) is 0. The van der Waals surface area contributed by atoms with Crippen molar-refractivity contribution in [2.45, 2.75) is 12.5 Å². The van der Waals surface area contributed by atoms with Gasteiger partial charge >= 0.3 is 6.03 Å².